The number of halogens is 1. The number of aromatic nitrogens is 1. The first-order chi connectivity index (χ1) is 14.1. The number of amides is 1. The number of carbonyl (C=O) groups excluding carboxylic acids is 2. The Morgan fingerprint density at radius 3 is 2.59 bits per heavy atom. The number of rotatable bonds is 6. The van der Waals surface area contributed by atoms with Crippen LogP contribution in [0.2, 0.25) is 0 Å². The number of nitrogens with one attached hydrogen (secondary N) is 1. The fourth-order valence-corrected chi connectivity index (χ4v) is 3.59. The van der Waals surface area contributed by atoms with Gasteiger partial charge in [0, 0.05) is 29.3 Å². The van der Waals surface area contributed by atoms with Crippen LogP contribution >= 0.6 is 11.3 Å². The zero-order valence-corrected chi connectivity index (χ0v) is 16.1. The number of hydrogen-bond donors (Lipinski definition) is 1. The van der Waals surface area contributed by atoms with Gasteiger partial charge in [-0.25, -0.2) is 9.37 Å². The van der Waals surface area contributed by atoms with Crippen molar-refractivity contribution in [1.29, 1.82) is 0 Å². The minimum absolute atomic E-state index is 0.0404. The van der Waals surface area contributed by atoms with Crippen LogP contribution in [0.25, 0.3) is 11.3 Å². The van der Waals surface area contributed by atoms with Crippen molar-refractivity contribution in [2.45, 2.75) is 12.8 Å². The molecule has 2 aromatic carbocycles. The molecule has 0 saturated heterocycles. The summed E-state index contributed by atoms with van der Waals surface area (Å²) in [5.74, 6) is 0.397. The van der Waals surface area contributed by atoms with Crippen LogP contribution < -0.4 is 14.8 Å². The molecule has 0 bridgehead atoms. The molecular weight excluding hydrogens is 395 g/mol. The molecule has 6 nitrogen and oxygen atoms in total. The Labute approximate surface area is 170 Å². The summed E-state index contributed by atoms with van der Waals surface area (Å²) >= 11 is 1.27. The van der Waals surface area contributed by atoms with E-state index in [1.165, 1.54) is 23.5 Å². The molecule has 3 aromatic rings. The second-order valence-corrected chi connectivity index (χ2v) is 7.23. The third kappa shape index (κ3) is 4.60. The Bertz CT molecular complexity index is 1050. The van der Waals surface area contributed by atoms with Gasteiger partial charge in [0.05, 0.1) is 5.69 Å². The fourth-order valence-electron chi connectivity index (χ4n) is 2.85. The van der Waals surface area contributed by atoms with E-state index in [9.17, 15) is 14.0 Å². The van der Waals surface area contributed by atoms with E-state index in [1.54, 1.807) is 35.7 Å². The lowest BCUT2D eigenvalue weighted by atomic mass is 10.1. The number of hydrogen-bond acceptors (Lipinski definition) is 6. The Balaban J connectivity index is 1.32. The molecule has 0 aliphatic carbocycles. The van der Waals surface area contributed by atoms with E-state index in [2.05, 4.69) is 10.3 Å². The van der Waals surface area contributed by atoms with Crippen molar-refractivity contribution in [2.75, 3.05) is 18.5 Å². The number of ether oxygens (including phenoxy) is 2. The van der Waals surface area contributed by atoms with Gasteiger partial charge in [0.15, 0.2) is 22.4 Å². The molecule has 1 aliphatic heterocycles. The van der Waals surface area contributed by atoms with Crippen LogP contribution in [0.4, 0.5) is 9.52 Å². The number of benzene rings is 2. The van der Waals surface area contributed by atoms with E-state index >= 15 is 0 Å². The third-order valence-corrected chi connectivity index (χ3v) is 5.09. The predicted octanol–water partition coefficient (Wildman–Crippen LogP) is 4.32. The van der Waals surface area contributed by atoms with Crippen LogP contribution in [0.15, 0.2) is 47.8 Å². The number of carbonyl (C=O) groups is 2. The minimum atomic E-state index is -0.319. The molecule has 1 aromatic heterocycles. The summed E-state index contributed by atoms with van der Waals surface area (Å²) in [6.07, 6.45) is 0.112. The molecule has 0 spiro atoms. The van der Waals surface area contributed by atoms with Gasteiger partial charge < -0.3 is 14.8 Å². The van der Waals surface area contributed by atoms with Gasteiger partial charge in [-0.3, -0.25) is 9.59 Å². The van der Waals surface area contributed by atoms with E-state index < -0.39 is 0 Å². The second kappa shape index (κ2) is 8.40. The third-order valence-electron chi connectivity index (χ3n) is 4.33. The van der Waals surface area contributed by atoms with E-state index in [0.29, 0.717) is 41.1 Å². The van der Waals surface area contributed by atoms with Gasteiger partial charge in [0.2, 0.25) is 5.91 Å². The standard InChI is InChI=1S/C21H17FN2O4S/c22-15-4-1-13(2-5-15)16-12-29-21(23-16)24-20(26)8-6-17(25)14-3-7-18-19(11-14)28-10-9-27-18/h1-5,7,11-12H,6,8-10H2,(H,23,24,26). The van der Waals surface area contributed by atoms with Crippen molar-refractivity contribution in [3.05, 3.63) is 59.2 Å². The summed E-state index contributed by atoms with van der Waals surface area (Å²) in [6, 6.07) is 11.0. The first-order valence-corrected chi connectivity index (χ1v) is 9.90. The van der Waals surface area contributed by atoms with Crippen molar-refractivity contribution in [1.82, 2.24) is 4.98 Å². The van der Waals surface area contributed by atoms with E-state index in [-0.39, 0.29) is 30.3 Å². The number of nitrogens with zero attached hydrogens (tertiary/aromatic N) is 1. The van der Waals surface area contributed by atoms with Gasteiger partial charge in [0.25, 0.3) is 0 Å². The lowest BCUT2D eigenvalue weighted by molar-refractivity contribution is -0.116. The molecule has 0 fully saturated rings. The van der Waals surface area contributed by atoms with Crippen molar-refractivity contribution in [2.24, 2.45) is 0 Å². The van der Waals surface area contributed by atoms with Crippen molar-refractivity contribution in [3.63, 3.8) is 0 Å². The first kappa shape index (κ1) is 19.1. The predicted molar refractivity (Wildman–Crippen MR) is 107 cm³/mol. The molecule has 0 saturated carbocycles. The largest absolute Gasteiger partial charge is 0.486 e. The van der Waals surface area contributed by atoms with Crippen molar-refractivity contribution in [3.8, 4) is 22.8 Å². The zero-order chi connectivity index (χ0) is 20.2. The lowest BCUT2D eigenvalue weighted by Gasteiger charge is -2.18. The summed E-state index contributed by atoms with van der Waals surface area (Å²) in [4.78, 5) is 28.9. The van der Waals surface area contributed by atoms with E-state index in [1.807, 2.05) is 0 Å². The highest BCUT2D eigenvalue weighted by Crippen LogP contribution is 2.31. The van der Waals surface area contributed by atoms with Crippen LogP contribution in [0.3, 0.4) is 0 Å². The van der Waals surface area contributed by atoms with Crippen LogP contribution in [0.5, 0.6) is 11.5 Å². The molecule has 0 radical (unpaired) electrons. The van der Waals surface area contributed by atoms with Gasteiger partial charge >= 0.3 is 0 Å². The van der Waals surface area contributed by atoms with Gasteiger partial charge in [-0.2, -0.15) is 0 Å². The zero-order valence-electron chi connectivity index (χ0n) is 15.3. The van der Waals surface area contributed by atoms with E-state index in [4.69, 9.17) is 9.47 Å². The highest BCUT2D eigenvalue weighted by atomic mass is 32.1. The SMILES string of the molecule is O=C(CCC(=O)c1ccc2c(c1)OCCO2)Nc1nc(-c2ccc(F)cc2)cs1. The monoisotopic (exact) mass is 412 g/mol. The van der Waals surface area contributed by atoms with Gasteiger partial charge in [-0.1, -0.05) is 0 Å². The van der Waals surface area contributed by atoms with Crippen molar-refractivity contribution < 1.29 is 23.5 Å². The normalized spacial score (nSPS) is 12.4. The Kier molecular flexibility index (Phi) is 5.53. The van der Waals surface area contributed by atoms with Gasteiger partial charge in [-0.05, 0) is 42.5 Å². The Morgan fingerprint density at radius 1 is 1.03 bits per heavy atom. The minimum Gasteiger partial charge on any atom is -0.486 e. The van der Waals surface area contributed by atoms with Crippen LogP contribution in [0, 0.1) is 5.82 Å². The lowest BCUT2D eigenvalue weighted by Crippen LogP contribution is -2.16. The Morgan fingerprint density at radius 2 is 1.79 bits per heavy atom. The molecule has 2 heterocycles. The average Bonchev–Trinajstić information content (AvgIpc) is 3.20. The summed E-state index contributed by atoms with van der Waals surface area (Å²) in [5, 5.41) is 4.91. The van der Waals surface area contributed by atoms with Crippen LogP contribution in [-0.4, -0.2) is 29.9 Å². The van der Waals surface area contributed by atoms with Crippen molar-refractivity contribution >= 4 is 28.2 Å². The molecular formula is C21H17FN2O4S. The molecule has 148 valence electrons. The summed E-state index contributed by atoms with van der Waals surface area (Å²) < 4.78 is 23.9. The van der Waals surface area contributed by atoms with Gasteiger partial charge in [-0.15, -0.1) is 11.3 Å². The maximum absolute atomic E-state index is 13.0. The maximum Gasteiger partial charge on any atom is 0.226 e. The highest BCUT2D eigenvalue weighted by molar-refractivity contribution is 7.14. The molecule has 4 rings (SSSR count). The number of thiazole rings is 1. The number of anilines is 1. The molecule has 1 amide bonds. The van der Waals surface area contributed by atoms with E-state index in [0.717, 1.165) is 5.56 Å². The molecule has 8 heteroatoms. The fraction of sp³-hybridized carbons (Fsp3) is 0.190. The van der Waals surface area contributed by atoms with Gasteiger partial charge in [0.1, 0.15) is 19.0 Å². The smallest absolute Gasteiger partial charge is 0.226 e. The molecule has 0 unspecified atom stereocenters. The highest BCUT2D eigenvalue weighted by Gasteiger charge is 2.16. The topological polar surface area (TPSA) is 77.5 Å². The summed E-state index contributed by atoms with van der Waals surface area (Å²) in [7, 11) is 0. The summed E-state index contributed by atoms with van der Waals surface area (Å²) in [6.45, 7) is 0.931. The quantitative estimate of drug-likeness (QED) is 0.610. The number of ketones is 1. The molecule has 0 atom stereocenters. The first-order valence-electron chi connectivity index (χ1n) is 9.03. The number of Topliss-reactive ketones (excluding diaryl/α,β-unsaturated/α-hetero) is 1. The molecule has 1 aliphatic rings. The maximum atomic E-state index is 13.0. The number of fused-ring (bicyclic) bond motifs is 1. The Hall–Kier alpha value is -3.26. The molecule has 1 N–H and O–H groups in total. The van der Waals surface area contributed by atoms with Crippen LogP contribution in [0.1, 0.15) is 23.2 Å². The molecule has 29 heavy (non-hydrogen) atoms. The summed E-state index contributed by atoms with van der Waals surface area (Å²) in [5.41, 5.74) is 1.89. The van der Waals surface area contributed by atoms with Crippen LogP contribution in [-0.2, 0) is 4.79 Å². The average molecular weight is 412 g/mol. The second-order valence-electron chi connectivity index (χ2n) is 6.37.